The van der Waals surface area contributed by atoms with Crippen molar-refractivity contribution in [2.75, 3.05) is 0 Å². The van der Waals surface area contributed by atoms with Gasteiger partial charge in [-0.15, -0.1) is 13.2 Å². The van der Waals surface area contributed by atoms with Crippen molar-refractivity contribution in [3.8, 4) is 11.6 Å². The molecule has 0 saturated carbocycles. The maximum Gasteiger partial charge on any atom is 0.574 e. The van der Waals surface area contributed by atoms with E-state index in [1.807, 2.05) is 0 Å². The molecule has 1 rings (SSSR count). The van der Waals surface area contributed by atoms with E-state index in [0.29, 0.717) is 6.07 Å². The first-order valence-electron chi connectivity index (χ1n) is 3.64. The summed E-state index contributed by atoms with van der Waals surface area (Å²) in [5.74, 6) is -2.32. The van der Waals surface area contributed by atoms with Crippen LogP contribution in [0.1, 0.15) is 12.1 Å². The van der Waals surface area contributed by atoms with Crippen molar-refractivity contribution in [1.82, 2.24) is 4.98 Å². The van der Waals surface area contributed by atoms with Crippen LogP contribution in [0.2, 0.25) is 0 Å². The van der Waals surface area contributed by atoms with Gasteiger partial charge in [0.1, 0.15) is 5.69 Å². The summed E-state index contributed by atoms with van der Waals surface area (Å²) in [5.41, 5.74) is -0.941. The highest BCUT2D eigenvalue weighted by atomic mass is 79.9. The fourth-order valence-electron chi connectivity index (χ4n) is 0.795. The minimum absolute atomic E-state index is 0.364. The molecule has 3 nitrogen and oxygen atoms in total. The Kier molecular flexibility index (Phi) is 3.56. The predicted molar refractivity (Wildman–Crippen MR) is 45.2 cm³/mol. The lowest BCUT2D eigenvalue weighted by Crippen LogP contribution is -2.18. The van der Waals surface area contributed by atoms with Crippen LogP contribution < -0.4 is 4.74 Å². The molecule has 0 fully saturated rings. The normalized spacial score (nSPS) is 11.9. The molecule has 90 valence electrons. The van der Waals surface area contributed by atoms with Crippen molar-refractivity contribution in [3.05, 3.63) is 16.2 Å². The Morgan fingerprint density at radius 2 is 1.94 bits per heavy atom. The van der Waals surface area contributed by atoms with Gasteiger partial charge in [0.25, 0.3) is 12.3 Å². The van der Waals surface area contributed by atoms with Gasteiger partial charge >= 0.3 is 6.36 Å². The van der Waals surface area contributed by atoms with E-state index in [2.05, 4.69) is 25.7 Å². The number of halogens is 6. The molecular weight excluding hydrogens is 305 g/mol. The minimum atomic E-state index is -5.12. The molecule has 0 saturated heterocycles. The maximum absolute atomic E-state index is 12.2. The smallest absolute Gasteiger partial charge is 0.502 e. The molecule has 0 aliphatic heterocycles. The molecule has 0 bridgehead atoms. The quantitative estimate of drug-likeness (QED) is 0.852. The van der Waals surface area contributed by atoms with Crippen LogP contribution >= 0.6 is 15.9 Å². The van der Waals surface area contributed by atoms with Crippen molar-refractivity contribution in [2.24, 2.45) is 0 Å². The summed E-state index contributed by atoms with van der Waals surface area (Å²) in [4.78, 5) is 2.85. The molecule has 16 heavy (non-hydrogen) atoms. The van der Waals surface area contributed by atoms with Crippen LogP contribution in [0.15, 0.2) is 10.5 Å². The topological polar surface area (TPSA) is 42.4 Å². The van der Waals surface area contributed by atoms with E-state index in [0.717, 1.165) is 0 Å². The number of hydrogen-bond acceptors (Lipinski definition) is 3. The molecule has 0 radical (unpaired) electrons. The highest BCUT2D eigenvalue weighted by Crippen LogP contribution is 2.37. The molecule has 0 unspecified atom stereocenters. The standard InChI is InChI=1S/C7H3BrF5NO2/c8-2-1-3(5(9)10)14-6(4(2)15)16-7(11,12)13/h1,5,15H. The molecule has 1 heterocycles. The Hall–Kier alpha value is -1.12. The molecule has 0 aliphatic carbocycles. The fourth-order valence-corrected chi connectivity index (χ4v) is 1.20. The number of aromatic nitrogens is 1. The van der Waals surface area contributed by atoms with E-state index in [1.54, 1.807) is 0 Å². The van der Waals surface area contributed by atoms with Crippen molar-refractivity contribution >= 4 is 15.9 Å². The lowest BCUT2D eigenvalue weighted by Gasteiger charge is -2.11. The molecule has 1 N–H and O–H groups in total. The SMILES string of the molecule is Oc1c(Br)cc(C(F)F)nc1OC(F)(F)F. The number of pyridine rings is 1. The van der Waals surface area contributed by atoms with Gasteiger partial charge in [-0.2, -0.15) is 0 Å². The van der Waals surface area contributed by atoms with Gasteiger partial charge in [0.15, 0.2) is 5.75 Å². The molecule has 0 spiro atoms. The summed E-state index contributed by atoms with van der Waals surface area (Å²) in [5, 5.41) is 9.09. The number of aromatic hydroxyl groups is 1. The number of nitrogens with zero attached hydrogens (tertiary/aromatic N) is 1. The summed E-state index contributed by atoms with van der Waals surface area (Å²) in [6.07, 6.45) is -8.20. The molecule has 1 aromatic heterocycles. The Morgan fingerprint density at radius 1 is 1.38 bits per heavy atom. The molecule has 0 aliphatic rings. The molecule has 9 heteroatoms. The third-order valence-corrected chi connectivity index (χ3v) is 1.97. The van der Waals surface area contributed by atoms with E-state index in [9.17, 15) is 22.0 Å². The van der Waals surface area contributed by atoms with Crippen molar-refractivity contribution in [1.29, 1.82) is 0 Å². The van der Waals surface area contributed by atoms with Crippen LogP contribution in [-0.2, 0) is 0 Å². The monoisotopic (exact) mass is 307 g/mol. The van der Waals surface area contributed by atoms with Gasteiger partial charge in [-0.3, -0.25) is 0 Å². The first kappa shape index (κ1) is 12.9. The molecule has 1 aromatic rings. The average Bonchev–Trinajstić information content (AvgIpc) is 2.10. The third-order valence-electron chi connectivity index (χ3n) is 1.37. The molecule has 0 aromatic carbocycles. The summed E-state index contributed by atoms with van der Waals surface area (Å²) in [6.45, 7) is 0. The van der Waals surface area contributed by atoms with Gasteiger partial charge in [0, 0.05) is 0 Å². The van der Waals surface area contributed by atoms with Crippen LogP contribution in [0, 0.1) is 0 Å². The summed E-state index contributed by atoms with van der Waals surface area (Å²) in [7, 11) is 0. The predicted octanol–water partition coefficient (Wildman–Crippen LogP) is 3.39. The number of hydrogen-bond donors (Lipinski definition) is 1. The molecule has 0 atom stereocenters. The third kappa shape index (κ3) is 3.19. The van der Waals surface area contributed by atoms with Crippen LogP contribution in [0.3, 0.4) is 0 Å². The van der Waals surface area contributed by atoms with E-state index in [-0.39, 0.29) is 4.47 Å². The zero-order valence-electron chi connectivity index (χ0n) is 7.23. The largest absolute Gasteiger partial charge is 0.574 e. The summed E-state index contributed by atoms with van der Waals surface area (Å²) in [6, 6.07) is 0.698. The minimum Gasteiger partial charge on any atom is -0.502 e. The Labute approximate surface area is 94.0 Å². The van der Waals surface area contributed by atoms with Crippen molar-refractivity contribution in [3.63, 3.8) is 0 Å². The van der Waals surface area contributed by atoms with Crippen LogP contribution in [0.25, 0.3) is 0 Å². The van der Waals surface area contributed by atoms with Gasteiger partial charge < -0.3 is 9.84 Å². The fraction of sp³-hybridized carbons (Fsp3) is 0.286. The van der Waals surface area contributed by atoms with Gasteiger partial charge in [0.2, 0.25) is 0 Å². The van der Waals surface area contributed by atoms with Gasteiger partial charge in [-0.25, -0.2) is 13.8 Å². The van der Waals surface area contributed by atoms with Crippen molar-refractivity contribution in [2.45, 2.75) is 12.8 Å². The zero-order valence-corrected chi connectivity index (χ0v) is 8.81. The second-order valence-electron chi connectivity index (χ2n) is 2.53. The van der Waals surface area contributed by atoms with Crippen molar-refractivity contribution < 1.29 is 31.8 Å². The average molecular weight is 308 g/mol. The second-order valence-corrected chi connectivity index (χ2v) is 3.39. The highest BCUT2D eigenvalue weighted by molar-refractivity contribution is 9.10. The Bertz CT molecular complexity index is 395. The highest BCUT2D eigenvalue weighted by Gasteiger charge is 2.34. The maximum atomic E-state index is 12.2. The van der Waals surface area contributed by atoms with Crippen LogP contribution in [0.5, 0.6) is 11.6 Å². The van der Waals surface area contributed by atoms with E-state index >= 15 is 0 Å². The Balaban J connectivity index is 3.17. The first-order valence-corrected chi connectivity index (χ1v) is 4.43. The molecular formula is C7H3BrF5NO2. The van der Waals surface area contributed by atoms with E-state index in [1.165, 1.54) is 0 Å². The number of ether oxygens (including phenoxy) is 1. The number of alkyl halides is 5. The second kappa shape index (κ2) is 4.40. The van der Waals surface area contributed by atoms with Gasteiger partial charge in [-0.1, -0.05) is 0 Å². The Morgan fingerprint density at radius 3 is 2.38 bits per heavy atom. The lowest BCUT2D eigenvalue weighted by atomic mass is 10.3. The molecule has 0 amide bonds. The summed E-state index contributed by atoms with van der Waals surface area (Å²) < 4.78 is 62.7. The number of rotatable bonds is 2. The van der Waals surface area contributed by atoms with E-state index < -0.39 is 30.1 Å². The van der Waals surface area contributed by atoms with Gasteiger partial charge in [-0.05, 0) is 22.0 Å². The first-order chi connectivity index (χ1) is 7.20. The van der Waals surface area contributed by atoms with E-state index in [4.69, 9.17) is 5.11 Å². The lowest BCUT2D eigenvalue weighted by molar-refractivity contribution is -0.276. The summed E-state index contributed by atoms with van der Waals surface area (Å²) >= 11 is 2.60. The zero-order chi connectivity index (χ0) is 12.5. The van der Waals surface area contributed by atoms with Crippen LogP contribution in [-0.4, -0.2) is 16.5 Å². The van der Waals surface area contributed by atoms with Crippen LogP contribution in [0.4, 0.5) is 22.0 Å². The van der Waals surface area contributed by atoms with Gasteiger partial charge in [0.05, 0.1) is 4.47 Å².